The number of nitrogen functional groups attached to an aromatic ring is 1. The highest BCUT2D eigenvalue weighted by Crippen LogP contribution is 2.35. The molecule has 4 nitrogen and oxygen atoms in total. The Morgan fingerprint density at radius 3 is 2.33 bits per heavy atom. The lowest BCUT2D eigenvalue weighted by Gasteiger charge is -2.24. The maximum atomic E-state index is 6.04. The fraction of sp³-hybridized carbons (Fsp3) is 0.294. The van der Waals surface area contributed by atoms with Crippen LogP contribution in [0, 0.1) is 0 Å². The Morgan fingerprint density at radius 1 is 1.05 bits per heavy atom. The normalized spacial score (nSPS) is 10.2. The van der Waals surface area contributed by atoms with Gasteiger partial charge in [0.2, 0.25) is 0 Å². The van der Waals surface area contributed by atoms with Crippen molar-refractivity contribution in [3.63, 3.8) is 0 Å². The van der Waals surface area contributed by atoms with Gasteiger partial charge < -0.3 is 20.1 Å². The number of methoxy groups -OCH3 is 2. The molecule has 0 spiro atoms. The van der Waals surface area contributed by atoms with E-state index in [2.05, 4.69) is 24.0 Å². The first kappa shape index (κ1) is 15.0. The molecule has 2 N–H and O–H groups in total. The SMILES string of the molecule is CCN(Cc1cc(N)c(OC)c(OC)c1)c1ccccc1. The van der Waals surface area contributed by atoms with Crippen molar-refractivity contribution in [2.24, 2.45) is 0 Å². The molecular formula is C17H22N2O2. The first-order valence-electron chi connectivity index (χ1n) is 7.00. The number of hydrogen-bond acceptors (Lipinski definition) is 4. The first-order chi connectivity index (χ1) is 10.2. The Bertz CT molecular complexity index is 585. The predicted octanol–water partition coefficient (Wildman–Crippen LogP) is 3.31. The molecule has 0 heterocycles. The van der Waals surface area contributed by atoms with Crippen LogP contribution in [0.15, 0.2) is 42.5 Å². The summed E-state index contributed by atoms with van der Waals surface area (Å²) in [5.41, 5.74) is 8.92. The second-order valence-corrected chi connectivity index (χ2v) is 4.77. The van der Waals surface area contributed by atoms with Gasteiger partial charge in [-0.05, 0) is 36.8 Å². The molecule has 0 amide bonds. The van der Waals surface area contributed by atoms with Gasteiger partial charge in [-0.3, -0.25) is 0 Å². The predicted molar refractivity (Wildman–Crippen MR) is 87.1 cm³/mol. The molecule has 0 radical (unpaired) electrons. The van der Waals surface area contributed by atoms with Crippen molar-refractivity contribution in [1.29, 1.82) is 0 Å². The molecule has 0 saturated carbocycles. The molecule has 0 fully saturated rings. The van der Waals surface area contributed by atoms with Crippen LogP contribution in [0.2, 0.25) is 0 Å². The van der Waals surface area contributed by atoms with Crippen molar-refractivity contribution in [2.75, 3.05) is 31.4 Å². The zero-order chi connectivity index (χ0) is 15.2. The van der Waals surface area contributed by atoms with Crippen molar-refractivity contribution >= 4 is 11.4 Å². The van der Waals surface area contributed by atoms with E-state index in [9.17, 15) is 0 Å². The minimum Gasteiger partial charge on any atom is -0.493 e. The van der Waals surface area contributed by atoms with Crippen LogP contribution >= 0.6 is 0 Å². The summed E-state index contributed by atoms with van der Waals surface area (Å²) in [7, 11) is 3.21. The van der Waals surface area contributed by atoms with Crippen molar-refractivity contribution in [2.45, 2.75) is 13.5 Å². The number of ether oxygens (including phenoxy) is 2. The largest absolute Gasteiger partial charge is 0.493 e. The van der Waals surface area contributed by atoms with Crippen LogP contribution in [0.4, 0.5) is 11.4 Å². The molecule has 2 rings (SSSR count). The standard InChI is InChI=1S/C17H22N2O2/c1-4-19(14-8-6-5-7-9-14)12-13-10-15(18)17(21-3)16(11-13)20-2/h5-11H,4,12,18H2,1-3H3. The van der Waals surface area contributed by atoms with Gasteiger partial charge in [0, 0.05) is 18.8 Å². The van der Waals surface area contributed by atoms with Gasteiger partial charge in [-0.25, -0.2) is 0 Å². The van der Waals surface area contributed by atoms with Crippen LogP contribution < -0.4 is 20.1 Å². The lowest BCUT2D eigenvalue weighted by Crippen LogP contribution is -2.22. The highest BCUT2D eigenvalue weighted by molar-refractivity contribution is 5.62. The molecule has 0 saturated heterocycles. The van der Waals surface area contributed by atoms with Gasteiger partial charge in [0.1, 0.15) is 0 Å². The topological polar surface area (TPSA) is 47.7 Å². The van der Waals surface area contributed by atoms with Crippen LogP contribution in [0.5, 0.6) is 11.5 Å². The third-order valence-electron chi connectivity index (χ3n) is 3.44. The number of rotatable bonds is 6. The Balaban J connectivity index is 2.28. The molecular weight excluding hydrogens is 264 g/mol. The Labute approximate surface area is 126 Å². The van der Waals surface area contributed by atoms with E-state index in [1.54, 1.807) is 14.2 Å². The second kappa shape index (κ2) is 6.88. The monoisotopic (exact) mass is 286 g/mol. The molecule has 0 unspecified atom stereocenters. The van der Waals surface area contributed by atoms with E-state index >= 15 is 0 Å². The summed E-state index contributed by atoms with van der Waals surface area (Å²) >= 11 is 0. The van der Waals surface area contributed by atoms with Crippen LogP contribution in [0.1, 0.15) is 12.5 Å². The summed E-state index contributed by atoms with van der Waals surface area (Å²) in [4.78, 5) is 2.28. The number of benzene rings is 2. The summed E-state index contributed by atoms with van der Waals surface area (Å²) < 4.78 is 10.6. The van der Waals surface area contributed by atoms with Crippen LogP contribution in [-0.4, -0.2) is 20.8 Å². The van der Waals surface area contributed by atoms with Crippen molar-refractivity contribution in [3.05, 3.63) is 48.0 Å². The maximum absolute atomic E-state index is 6.04. The van der Waals surface area contributed by atoms with Gasteiger partial charge >= 0.3 is 0 Å². The third-order valence-corrected chi connectivity index (χ3v) is 3.44. The molecule has 2 aromatic carbocycles. The average Bonchev–Trinajstić information content (AvgIpc) is 2.52. The number of anilines is 2. The Kier molecular flexibility index (Phi) is 4.93. The summed E-state index contributed by atoms with van der Waals surface area (Å²) in [6, 6.07) is 14.2. The fourth-order valence-corrected chi connectivity index (χ4v) is 2.39. The van der Waals surface area contributed by atoms with E-state index in [0.29, 0.717) is 17.2 Å². The first-order valence-corrected chi connectivity index (χ1v) is 7.00. The van der Waals surface area contributed by atoms with Crippen LogP contribution in [0.3, 0.4) is 0 Å². The van der Waals surface area contributed by atoms with Crippen LogP contribution in [-0.2, 0) is 6.54 Å². The molecule has 0 bridgehead atoms. The highest BCUT2D eigenvalue weighted by Gasteiger charge is 2.12. The summed E-state index contributed by atoms with van der Waals surface area (Å²) in [6.45, 7) is 3.82. The minimum absolute atomic E-state index is 0.587. The van der Waals surface area contributed by atoms with Gasteiger partial charge in [-0.15, -0.1) is 0 Å². The van der Waals surface area contributed by atoms with Gasteiger partial charge in [-0.2, -0.15) is 0 Å². The Hall–Kier alpha value is -2.36. The van der Waals surface area contributed by atoms with Gasteiger partial charge in [0.15, 0.2) is 11.5 Å². The number of nitrogens with two attached hydrogens (primary N) is 1. The fourth-order valence-electron chi connectivity index (χ4n) is 2.39. The molecule has 0 aromatic heterocycles. The van der Waals surface area contributed by atoms with E-state index in [1.807, 2.05) is 30.3 Å². The van der Waals surface area contributed by atoms with Crippen molar-refractivity contribution < 1.29 is 9.47 Å². The zero-order valence-corrected chi connectivity index (χ0v) is 12.8. The molecule has 0 aliphatic carbocycles. The molecule has 4 heteroatoms. The van der Waals surface area contributed by atoms with E-state index in [-0.39, 0.29) is 0 Å². The van der Waals surface area contributed by atoms with E-state index in [4.69, 9.17) is 15.2 Å². The smallest absolute Gasteiger partial charge is 0.183 e. The molecule has 21 heavy (non-hydrogen) atoms. The minimum atomic E-state index is 0.587. The third kappa shape index (κ3) is 3.40. The molecule has 112 valence electrons. The van der Waals surface area contributed by atoms with E-state index in [1.165, 1.54) is 5.69 Å². The van der Waals surface area contributed by atoms with E-state index in [0.717, 1.165) is 18.7 Å². The Morgan fingerprint density at radius 2 is 1.76 bits per heavy atom. The van der Waals surface area contributed by atoms with E-state index < -0.39 is 0 Å². The lowest BCUT2D eigenvalue weighted by atomic mass is 10.1. The zero-order valence-electron chi connectivity index (χ0n) is 12.8. The quantitative estimate of drug-likeness (QED) is 0.828. The average molecular weight is 286 g/mol. The molecule has 0 aliphatic heterocycles. The number of nitrogens with zero attached hydrogens (tertiary/aromatic N) is 1. The highest BCUT2D eigenvalue weighted by atomic mass is 16.5. The van der Waals surface area contributed by atoms with Gasteiger partial charge in [0.25, 0.3) is 0 Å². The van der Waals surface area contributed by atoms with Crippen molar-refractivity contribution in [1.82, 2.24) is 0 Å². The van der Waals surface area contributed by atoms with Gasteiger partial charge in [0.05, 0.1) is 19.9 Å². The number of para-hydroxylation sites is 1. The van der Waals surface area contributed by atoms with Crippen LogP contribution in [0.25, 0.3) is 0 Å². The molecule has 0 atom stereocenters. The molecule has 2 aromatic rings. The lowest BCUT2D eigenvalue weighted by molar-refractivity contribution is 0.356. The van der Waals surface area contributed by atoms with Gasteiger partial charge in [-0.1, -0.05) is 18.2 Å². The second-order valence-electron chi connectivity index (χ2n) is 4.77. The van der Waals surface area contributed by atoms with Crippen molar-refractivity contribution in [3.8, 4) is 11.5 Å². The summed E-state index contributed by atoms with van der Waals surface area (Å²) in [5.74, 6) is 1.25. The maximum Gasteiger partial charge on any atom is 0.183 e. The number of hydrogen-bond donors (Lipinski definition) is 1. The summed E-state index contributed by atoms with van der Waals surface area (Å²) in [5, 5.41) is 0. The summed E-state index contributed by atoms with van der Waals surface area (Å²) in [6.07, 6.45) is 0. The molecule has 0 aliphatic rings.